The number of hydrogen-bond acceptors (Lipinski definition) is 3. The largest absolute Gasteiger partial charge is 0.348 e. The smallest absolute Gasteiger partial charge is 0.261 e. The molecule has 2 unspecified atom stereocenters. The first-order chi connectivity index (χ1) is 7.66. The molecule has 1 aliphatic heterocycles. The van der Waals surface area contributed by atoms with Crippen LogP contribution in [0.3, 0.4) is 0 Å². The summed E-state index contributed by atoms with van der Waals surface area (Å²) < 4.78 is 0. The summed E-state index contributed by atoms with van der Waals surface area (Å²) in [6.45, 7) is 6.25. The lowest BCUT2D eigenvalue weighted by atomic mass is 10.3. The number of hydrogen-bond donors (Lipinski definition) is 2. The van der Waals surface area contributed by atoms with Crippen LogP contribution in [0.5, 0.6) is 0 Å². The van der Waals surface area contributed by atoms with Gasteiger partial charge in [-0.3, -0.25) is 4.79 Å². The minimum Gasteiger partial charge on any atom is -0.348 e. The zero-order valence-corrected chi connectivity index (χ0v) is 10.4. The number of nitrogens with one attached hydrogen (secondary N) is 2. The van der Waals surface area contributed by atoms with E-state index in [1.54, 1.807) is 11.3 Å². The SMILES string of the molecule is Cc1cc(C(=O)NC2C3CNCC32)sc1C. The van der Waals surface area contributed by atoms with Gasteiger partial charge in [-0.1, -0.05) is 0 Å². The lowest BCUT2D eigenvalue weighted by Gasteiger charge is -2.05. The Kier molecular flexibility index (Phi) is 2.30. The van der Waals surface area contributed by atoms with Gasteiger partial charge in [-0.25, -0.2) is 0 Å². The Bertz CT molecular complexity index is 411. The van der Waals surface area contributed by atoms with Gasteiger partial charge in [0.15, 0.2) is 0 Å². The number of rotatable bonds is 2. The molecule has 0 bridgehead atoms. The lowest BCUT2D eigenvalue weighted by Crippen LogP contribution is -2.32. The molecule has 0 radical (unpaired) electrons. The maximum atomic E-state index is 12.0. The first-order valence-electron chi connectivity index (χ1n) is 5.75. The molecule has 2 N–H and O–H groups in total. The van der Waals surface area contributed by atoms with Gasteiger partial charge in [0.2, 0.25) is 0 Å². The summed E-state index contributed by atoms with van der Waals surface area (Å²) in [5, 5.41) is 6.47. The van der Waals surface area contributed by atoms with Crippen LogP contribution in [-0.2, 0) is 0 Å². The lowest BCUT2D eigenvalue weighted by molar-refractivity contribution is 0.0950. The Balaban J connectivity index is 1.65. The first-order valence-corrected chi connectivity index (χ1v) is 6.57. The molecule has 1 saturated heterocycles. The van der Waals surface area contributed by atoms with E-state index in [0.29, 0.717) is 17.9 Å². The van der Waals surface area contributed by atoms with Crippen LogP contribution in [0.2, 0.25) is 0 Å². The van der Waals surface area contributed by atoms with E-state index in [2.05, 4.69) is 24.5 Å². The highest BCUT2D eigenvalue weighted by molar-refractivity contribution is 7.14. The molecule has 1 aromatic heterocycles. The van der Waals surface area contributed by atoms with E-state index in [1.165, 1.54) is 10.4 Å². The van der Waals surface area contributed by atoms with Crippen LogP contribution in [0.1, 0.15) is 20.1 Å². The van der Waals surface area contributed by atoms with Crippen LogP contribution in [0.4, 0.5) is 0 Å². The molecule has 1 aromatic rings. The second-order valence-corrected chi connectivity index (χ2v) is 6.09. The van der Waals surface area contributed by atoms with Crippen molar-refractivity contribution >= 4 is 17.2 Å². The van der Waals surface area contributed by atoms with Gasteiger partial charge in [0, 0.05) is 24.0 Å². The third-order valence-electron chi connectivity index (χ3n) is 3.78. The van der Waals surface area contributed by atoms with E-state index in [1.807, 2.05) is 6.07 Å². The summed E-state index contributed by atoms with van der Waals surface area (Å²) in [6.07, 6.45) is 0. The van der Waals surface area contributed by atoms with Crippen molar-refractivity contribution < 1.29 is 4.79 Å². The molecule has 0 spiro atoms. The van der Waals surface area contributed by atoms with Crippen molar-refractivity contribution in [1.29, 1.82) is 0 Å². The number of thiophene rings is 1. The zero-order chi connectivity index (χ0) is 11.3. The molecular weight excluding hydrogens is 220 g/mol. The zero-order valence-electron chi connectivity index (χ0n) is 9.54. The number of aryl methyl sites for hydroxylation is 2. The molecule has 2 fully saturated rings. The van der Waals surface area contributed by atoms with Crippen LogP contribution in [0.15, 0.2) is 6.07 Å². The van der Waals surface area contributed by atoms with Gasteiger partial charge in [-0.2, -0.15) is 0 Å². The monoisotopic (exact) mass is 236 g/mol. The fraction of sp³-hybridized carbons (Fsp3) is 0.583. The van der Waals surface area contributed by atoms with Crippen molar-refractivity contribution in [3.63, 3.8) is 0 Å². The Morgan fingerprint density at radius 2 is 2.12 bits per heavy atom. The summed E-state index contributed by atoms with van der Waals surface area (Å²) >= 11 is 1.59. The molecule has 4 heteroatoms. The average Bonchev–Trinajstić information content (AvgIpc) is 2.67. The molecule has 3 rings (SSSR count). The maximum absolute atomic E-state index is 12.0. The number of fused-ring (bicyclic) bond motifs is 1. The quantitative estimate of drug-likeness (QED) is 0.813. The van der Waals surface area contributed by atoms with Crippen LogP contribution in [0.25, 0.3) is 0 Å². The number of piperidine rings is 1. The molecule has 2 atom stereocenters. The molecule has 3 nitrogen and oxygen atoms in total. The van der Waals surface area contributed by atoms with E-state index >= 15 is 0 Å². The van der Waals surface area contributed by atoms with Crippen LogP contribution < -0.4 is 10.6 Å². The van der Waals surface area contributed by atoms with Crippen molar-refractivity contribution in [2.75, 3.05) is 13.1 Å². The van der Waals surface area contributed by atoms with Crippen molar-refractivity contribution in [3.8, 4) is 0 Å². The van der Waals surface area contributed by atoms with Crippen molar-refractivity contribution in [2.45, 2.75) is 19.9 Å². The Labute approximate surface area is 99.2 Å². The predicted molar refractivity (Wildman–Crippen MR) is 64.9 cm³/mol. The summed E-state index contributed by atoms with van der Waals surface area (Å²) in [7, 11) is 0. The summed E-state index contributed by atoms with van der Waals surface area (Å²) in [5.74, 6) is 1.48. The van der Waals surface area contributed by atoms with Crippen LogP contribution >= 0.6 is 11.3 Å². The van der Waals surface area contributed by atoms with Gasteiger partial charge >= 0.3 is 0 Å². The predicted octanol–water partition coefficient (Wildman–Crippen LogP) is 1.31. The van der Waals surface area contributed by atoms with Crippen LogP contribution in [-0.4, -0.2) is 25.0 Å². The van der Waals surface area contributed by atoms with E-state index in [4.69, 9.17) is 0 Å². The van der Waals surface area contributed by atoms with Crippen molar-refractivity contribution in [3.05, 3.63) is 21.4 Å². The van der Waals surface area contributed by atoms with Crippen molar-refractivity contribution in [1.82, 2.24) is 10.6 Å². The molecule has 1 aliphatic carbocycles. The van der Waals surface area contributed by atoms with E-state index < -0.39 is 0 Å². The number of carbonyl (C=O) groups is 1. The standard InChI is InChI=1S/C12H16N2OS/c1-6-3-10(16-7(6)2)12(15)14-11-8-4-13-5-9(8)11/h3,8-9,11,13H,4-5H2,1-2H3,(H,14,15). The number of carbonyl (C=O) groups excluding carboxylic acids is 1. The summed E-state index contributed by atoms with van der Waals surface area (Å²) in [5.41, 5.74) is 1.22. The fourth-order valence-electron chi connectivity index (χ4n) is 2.54. The highest BCUT2D eigenvalue weighted by Crippen LogP contribution is 2.41. The van der Waals surface area contributed by atoms with Gasteiger partial charge in [0.1, 0.15) is 0 Å². The molecule has 16 heavy (non-hydrogen) atoms. The van der Waals surface area contributed by atoms with Gasteiger partial charge in [-0.05, 0) is 37.3 Å². The minimum atomic E-state index is 0.112. The topological polar surface area (TPSA) is 41.1 Å². The molecule has 2 aliphatic rings. The van der Waals surface area contributed by atoms with Gasteiger partial charge < -0.3 is 10.6 Å². The first kappa shape index (κ1) is 10.3. The van der Waals surface area contributed by atoms with Crippen LogP contribution in [0, 0.1) is 25.7 Å². The number of amides is 1. The van der Waals surface area contributed by atoms with Crippen molar-refractivity contribution in [2.24, 2.45) is 11.8 Å². The molecular formula is C12H16N2OS. The molecule has 0 aromatic carbocycles. The highest BCUT2D eigenvalue weighted by Gasteiger charge is 2.53. The van der Waals surface area contributed by atoms with E-state index in [0.717, 1.165) is 18.0 Å². The maximum Gasteiger partial charge on any atom is 0.261 e. The Morgan fingerprint density at radius 3 is 2.69 bits per heavy atom. The normalized spacial score (nSPS) is 31.2. The third-order valence-corrected chi connectivity index (χ3v) is 4.93. The molecule has 2 heterocycles. The third kappa shape index (κ3) is 1.57. The van der Waals surface area contributed by atoms with Gasteiger partial charge in [0.25, 0.3) is 5.91 Å². The van der Waals surface area contributed by atoms with Gasteiger partial charge in [0.05, 0.1) is 4.88 Å². The summed E-state index contributed by atoms with van der Waals surface area (Å²) in [4.78, 5) is 14.1. The van der Waals surface area contributed by atoms with Gasteiger partial charge in [-0.15, -0.1) is 11.3 Å². The molecule has 1 amide bonds. The second kappa shape index (κ2) is 3.57. The van der Waals surface area contributed by atoms with E-state index in [9.17, 15) is 4.79 Å². The molecule has 86 valence electrons. The van der Waals surface area contributed by atoms with E-state index in [-0.39, 0.29) is 5.91 Å². The second-order valence-electron chi connectivity index (χ2n) is 4.84. The minimum absolute atomic E-state index is 0.112. The Hall–Kier alpha value is -0.870. The Morgan fingerprint density at radius 1 is 1.44 bits per heavy atom. The highest BCUT2D eigenvalue weighted by atomic mass is 32.1. The fourth-order valence-corrected chi connectivity index (χ4v) is 3.48. The molecule has 1 saturated carbocycles. The summed E-state index contributed by atoms with van der Waals surface area (Å²) in [6, 6.07) is 2.42. The average molecular weight is 236 g/mol.